The van der Waals surface area contributed by atoms with Gasteiger partial charge in [0, 0.05) is 13.6 Å². The van der Waals surface area contributed by atoms with Gasteiger partial charge in [-0.2, -0.15) is 24.9 Å². The Kier molecular flexibility index (Phi) is 7.40. The predicted octanol–water partition coefficient (Wildman–Crippen LogP) is 3.05. The Hall–Kier alpha value is -1.90. The van der Waals surface area contributed by atoms with Gasteiger partial charge < -0.3 is 15.3 Å². The van der Waals surface area contributed by atoms with Crippen molar-refractivity contribution in [2.75, 3.05) is 19.1 Å². The predicted molar refractivity (Wildman–Crippen MR) is 85.9 cm³/mol. The summed E-state index contributed by atoms with van der Waals surface area (Å²) in [6.45, 7) is -0.0649. The number of hydrogen-bond acceptors (Lipinski definition) is 3. The van der Waals surface area contributed by atoms with Crippen molar-refractivity contribution in [2.24, 2.45) is 0 Å². The van der Waals surface area contributed by atoms with Crippen molar-refractivity contribution in [1.29, 1.82) is 0 Å². The van der Waals surface area contributed by atoms with Crippen LogP contribution >= 0.6 is 11.8 Å². The maximum atomic E-state index is 12.7. The highest BCUT2D eigenvalue weighted by atomic mass is 32.2. The summed E-state index contributed by atoms with van der Waals surface area (Å²) in [5.41, 5.74) is -0.490. The first-order valence-corrected chi connectivity index (χ1v) is 8.44. The zero-order valence-electron chi connectivity index (χ0n) is 13.3. The summed E-state index contributed by atoms with van der Waals surface area (Å²) in [4.78, 5) is 24.3. The number of benzene rings is 1. The summed E-state index contributed by atoms with van der Waals surface area (Å²) >= 11 is 1.45. The number of hydrogen-bond donors (Lipinski definition) is 2. The maximum Gasteiger partial charge on any atom is 0.416 e. The number of carboxylic acid groups (broad SMARTS) is 1. The smallest absolute Gasteiger partial charge is 0.416 e. The van der Waals surface area contributed by atoms with Crippen molar-refractivity contribution >= 4 is 23.8 Å². The average molecular weight is 364 g/mol. The number of urea groups is 1. The van der Waals surface area contributed by atoms with E-state index in [1.54, 1.807) is 0 Å². The van der Waals surface area contributed by atoms with Gasteiger partial charge in [0.05, 0.1) is 5.56 Å². The third-order valence-electron chi connectivity index (χ3n) is 3.23. The molecular weight excluding hydrogens is 345 g/mol. The van der Waals surface area contributed by atoms with Crippen LogP contribution in [0, 0.1) is 0 Å². The topological polar surface area (TPSA) is 69.6 Å². The summed E-state index contributed by atoms with van der Waals surface area (Å²) in [5.74, 6) is -0.584. The lowest BCUT2D eigenvalue weighted by molar-refractivity contribution is -0.139. The van der Waals surface area contributed by atoms with Gasteiger partial charge in [-0.05, 0) is 36.1 Å². The molecule has 24 heavy (non-hydrogen) atoms. The third-order valence-corrected chi connectivity index (χ3v) is 3.87. The molecule has 1 aromatic carbocycles. The maximum absolute atomic E-state index is 12.7. The van der Waals surface area contributed by atoms with E-state index >= 15 is 0 Å². The second kappa shape index (κ2) is 8.81. The van der Waals surface area contributed by atoms with Crippen LogP contribution in [0.25, 0.3) is 0 Å². The van der Waals surface area contributed by atoms with Crippen LogP contribution in [-0.4, -0.2) is 47.1 Å². The summed E-state index contributed by atoms with van der Waals surface area (Å²) < 4.78 is 38.0. The monoisotopic (exact) mass is 364 g/mol. The molecule has 134 valence electrons. The van der Waals surface area contributed by atoms with Gasteiger partial charge in [0.1, 0.15) is 6.04 Å². The molecule has 1 aromatic rings. The molecule has 1 atom stereocenters. The molecule has 5 nitrogen and oxygen atoms in total. The fourth-order valence-corrected chi connectivity index (χ4v) is 2.42. The van der Waals surface area contributed by atoms with Gasteiger partial charge in [0.15, 0.2) is 0 Å². The Morgan fingerprint density at radius 1 is 1.38 bits per heavy atom. The van der Waals surface area contributed by atoms with E-state index in [0.29, 0.717) is 11.3 Å². The number of thioether (sulfide) groups is 1. The van der Waals surface area contributed by atoms with Crippen molar-refractivity contribution in [3.8, 4) is 0 Å². The van der Waals surface area contributed by atoms with E-state index < -0.39 is 29.8 Å². The zero-order chi connectivity index (χ0) is 18.3. The molecule has 2 amide bonds. The Labute approximate surface area is 142 Å². The van der Waals surface area contributed by atoms with E-state index in [4.69, 9.17) is 5.11 Å². The molecule has 1 rings (SSSR count). The Balaban J connectivity index is 2.71. The second-order valence-electron chi connectivity index (χ2n) is 5.18. The number of aliphatic carboxylic acids is 1. The molecule has 0 radical (unpaired) electrons. The van der Waals surface area contributed by atoms with E-state index in [9.17, 15) is 22.8 Å². The number of carbonyl (C=O) groups excluding carboxylic acids is 1. The number of nitrogens with zero attached hydrogens (tertiary/aromatic N) is 1. The Bertz CT molecular complexity index is 581. The van der Waals surface area contributed by atoms with Gasteiger partial charge in [-0.15, -0.1) is 0 Å². The number of halogens is 3. The second-order valence-corrected chi connectivity index (χ2v) is 6.16. The SMILES string of the molecule is CSCC[C@H](NC(=O)N(C)Cc1cccc(C(F)(F)F)c1)C(=O)O. The van der Waals surface area contributed by atoms with Crippen molar-refractivity contribution in [2.45, 2.75) is 25.2 Å². The lowest BCUT2D eigenvalue weighted by Gasteiger charge is -2.21. The normalized spacial score (nSPS) is 12.5. The number of alkyl halides is 3. The minimum absolute atomic E-state index is 0.0649. The van der Waals surface area contributed by atoms with Crippen molar-refractivity contribution < 1.29 is 27.9 Å². The van der Waals surface area contributed by atoms with Crippen LogP contribution in [0.4, 0.5) is 18.0 Å². The van der Waals surface area contributed by atoms with Crippen LogP contribution in [0.5, 0.6) is 0 Å². The molecule has 0 heterocycles. The fraction of sp³-hybridized carbons (Fsp3) is 0.467. The van der Waals surface area contributed by atoms with Crippen LogP contribution < -0.4 is 5.32 Å². The molecule has 0 aliphatic rings. The van der Waals surface area contributed by atoms with Crippen molar-refractivity contribution in [3.05, 3.63) is 35.4 Å². The molecule has 0 unspecified atom stereocenters. The Morgan fingerprint density at radius 3 is 2.58 bits per heavy atom. The number of carbonyl (C=O) groups is 2. The fourth-order valence-electron chi connectivity index (χ4n) is 1.94. The van der Waals surface area contributed by atoms with Crippen molar-refractivity contribution in [1.82, 2.24) is 10.2 Å². The lowest BCUT2D eigenvalue weighted by Crippen LogP contribution is -2.46. The van der Waals surface area contributed by atoms with E-state index in [2.05, 4.69) is 5.32 Å². The standard InChI is InChI=1S/C15H19F3N2O3S/c1-20(14(23)19-12(13(21)22)6-7-24-2)9-10-4-3-5-11(8-10)15(16,17)18/h3-5,8,12H,6-7,9H2,1-2H3,(H,19,23)(H,21,22)/t12-/m0/s1. The van der Waals surface area contributed by atoms with Gasteiger partial charge in [0.25, 0.3) is 0 Å². The van der Waals surface area contributed by atoms with Crippen LogP contribution in [0.3, 0.4) is 0 Å². The molecule has 0 aromatic heterocycles. The molecule has 0 fully saturated rings. The highest BCUT2D eigenvalue weighted by Gasteiger charge is 2.30. The summed E-state index contributed by atoms with van der Waals surface area (Å²) in [6, 6.07) is 2.97. The molecule has 0 aliphatic heterocycles. The van der Waals surface area contributed by atoms with Crippen LogP contribution in [0.1, 0.15) is 17.5 Å². The zero-order valence-corrected chi connectivity index (χ0v) is 14.1. The Morgan fingerprint density at radius 2 is 2.04 bits per heavy atom. The molecular formula is C15H19F3N2O3S. The first kappa shape index (κ1) is 20.1. The number of rotatable bonds is 7. The molecule has 0 aliphatic carbocycles. The van der Waals surface area contributed by atoms with E-state index in [1.165, 1.54) is 30.9 Å². The first-order valence-electron chi connectivity index (χ1n) is 7.04. The highest BCUT2D eigenvalue weighted by molar-refractivity contribution is 7.98. The van der Waals surface area contributed by atoms with Gasteiger partial charge >= 0.3 is 18.2 Å². The number of carboxylic acids is 1. The number of amides is 2. The summed E-state index contributed by atoms with van der Waals surface area (Å²) in [7, 11) is 1.39. The summed E-state index contributed by atoms with van der Waals surface area (Å²) in [5, 5.41) is 11.4. The van der Waals surface area contributed by atoms with Crippen LogP contribution in [0.2, 0.25) is 0 Å². The molecule has 0 spiro atoms. The summed E-state index contributed by atoms with van der Waals surface area (Å²) in [6.07, 6.45) is -2.37. The van der Waals surface area contributed by atoms with Crippen molar-refractivity contribution in [3.63, 3.8) is 0 Å². The third kappa shape index (κ3) is 6.31. The van der Waals surface area contributed by atoms with Gasteiger partial charge in [-0.25, -0.2) is 9.59 Å². The molecule has 0 saturated heterocycles. The van der Waals surface area contributed by atoms with Gasteiger partial charge in [0.2, 0.25) is 0 Å². The lowest BCUT2D eigenvalue weighted by atomic mass is 10.1. The van der Waals surface area contributed by atoms with Crippen LogP contribution in [-0.2, 0) is 17.5 Å². The average Bonchev–Trinajstić information content (AvgIpc) is 2.50. The van der Waals surface area contributed by atoms with Crippen LogP contribution in [0.15, 0.2) is 24.3 Å². The highest BCUT2D eigenvalue weighted by Crippen LogP contribution is 2.29. The van der Waals surface area contributed by atoms with Gasteiger partial charge in [-0.1, -0.05) is 12.1 Å². The van der Waals surface area contributed by atoms with E-state index in [0.717, 1.165) is 17.0 Å². The largest absolute Gasteiger partial charge is 0.480 e. The van der Waals surface area contributed by atoms with Gasteiger partial charge in [-0.3, -0.25) is 0 Å². The number of nitrogens with one attached hydrogen (secondary N) is 1. The molecule has 0 saturated carbocycles. The quantitative estimate of drug-likeness (QED) is 0.780. The molecule has 0 bridgehead atoms. The molecule has 9 heteroatoms. The minimum Gasteiger partial charge on any atom is -0.480 e. The molecule has 2 N–H and O–H groups in total. The first-order chi connectivity index (χ1) is 11.1. The minimum atomic E-state index is -4.46. The van der Waals surface area contributed by atoms with E-state index in [1.807, 2.05) is 6.26 Å². The van der Waals surface area contributed by atoms with E-state index in [-0.39, 0.29) is 13.0 Å².